The van der Waals surface area contributed by atoms with Gasteiger partial charge in [0.25, 0.3) is 5.91 Å². The summed E-state index contributed by atoms with van der Waals surface area (Å²) < 4.78 is 6.08. The van der Waals surface area contributed by atoms with Gasteiger partial charge < -0.3 is 15.4 Å². The molecule has 2 heterocycles. The van der Waals surface area contributed by atoms with Gasteiger partial charge in [0, 0.05) is 10.9 Å². The number of methoxy groups -OCH3 is 1. The van der Waals surface area contributed by atoms with Crippen LogP contribution in [-0.4, -0.2) is 30.5 Å². The Hall–Kier alpha value is -2.45. The standard InChI is InChI=1S/C15H13N3O3S2/c1-21-10-2-3-11-12(6-10)23-15(17-11)18-13(19)7-16-14(20)9-4-5-22-8-9/h2-6,8H,7H2,1H3,(H,16,20)(H,17,18,19). The van der Waals surface area contributed by atoms with E-state index in [9.17, 15) is 9.59 Å². The van der Waals surface area contributed by atoms with E-state index in [2.05, 4.69) is 15.6 Å². The van der Waals surface area contributed by atoms with Gasteiger partial charge in [-0.05, 0) is 29.6 Å². The fraction of sp³-hybridized carbons (Fsp3) is 0.133. The number of hydrogen-bond donors (Lipinski definition) is 2. The normalized spacial score (nSPS) is 10.5. The molecule has 6 nitrogen and oxygen atoms in total. The first-order chi connectivity index (χ1) is 11.2. The Labute approximate surface area is 140 Å². The van der Waals surface area contributed by atoms with Crippen LogP contribution < -0.4 is 15.4 Å². The number of rotatable bonds is 5. The van der Waals surface area contributed by atoms with Crippen LogP contribution >= 0.6 is 22.7 Å². The minimum absolute atomic E-state index is 0.103. The summed E-state index contributed by atoms with van der Waals surface area (Å²) in [6, 6.07) is 7.22. The van der Waals surface area contributed by atoms with Crippen molar-refractivity contribution in [2.24, 2.45) is 0 Å². The van der Waals surface area contributed by atoms with Crippen molar-refractivity contribution >= 4 is 49.8 Å². The number of aromatic nitrogens is 1. The molecule has 0 unspecified atom stereocenters. The van der Waals surface area contributed by atoms with Crippen LogP contribution in [0.2, 0.25) is 0 Å². The Kier molecular flexibility index (Phi) is 4.54. The number of amides is 2. The molecule has 2 N–H and O–H groups in total. The monoisotopic (exact) mass is 347 g/mol. The number of ether oxygens (including phenoxy) is 1. The average Bonchev–Trinajstić information content (AvgIpc) is 3.20. The molecule has 0 saturated carbocycles. The van der Waals surface area contributed by atoms with Crippen molar-refractivity contribution in [1.82, 2.24) is 10.3 Å². The second-order valence-electron chi connectivity index (χ2n) is 4.60. The third-order valence-electron chi connectivity index (χ3n) is 3.03. The minimum Gasteiger partial charge on any atom is -0.497 e. The van der Waals surface area contributed by atoms with Gasteiger partial charge in [-0.15, -0.1) is 0 Å². The molecule has 0 aliphatic heterocycles. The zero-order valence-electron chi connectivity index (χ0n) is 12.2. The van der Waals surface area contributed by atoms with Gasteiger partial charge in [-0.2, -0.15) is 11.3 Å². The number of hydrogen-bond acceptors (Lipinski definition) is 6. The first kappa shape index (κ1) is 15.4. The van der Waals surface area contributed by atoms with Gasteiger partial charge in [0.1, 0.15) is 5.75 Å². The van der Waals surface area contributed by atoms with Crippen LogP contribution in [0.1, 0.15) is 10.4 Å². The van der Waals surface area contributed by atoms with Crippen LogP contribution in [-0.2, 0) is 4.79 Å². The van der Waals surface area contributed by atoms with E-state index in [1.807, 2.05) is 23.6 Å². The van der Waals surface area contributed by atoms with Crippen molar-refractivity contribution in [2.45, 2.75) is 0 Å². The molecular formula is C15H13N3O3S2. The molecule has 0 bridgehead atoms. The van der Waals surface area contributed by atoms with E-state index in [-0.39, 0.29) is 18.4 Å². The summed E-state index contributed by atoms with van der Waals surface area (Å²) in [7, 11) is 1.60. The molecule has 23 heavy (non-hydrogen) atoms. The van der Waals surface area contributed by atoms with E-state index in [1.165, 1.54) is 22.7 Å². The summed E-state index contributed by atoms with van der Waals surface area (Å²) in [6.07, 6.45) is 0. The molecule has 0 atom stereocenters. The number of carbonyl (C=O) groups is 2. The Morgan fingerprint density at radius 3 is 2.91 bits per heavy atom. The fourth-order valence-corrected chi connectivity index (χ4v) is 3.45. The largest absolute Gasteiger partial charge is 0.497 e. The van der Waals surface area contributed by atoms with Crippen LogP contribution in [0.15, 0.2) is 35.0 Å². The van der Waals surface area contributed by atoms with Crippen LogP contribution in [0, 0.1) is 0 Å². The maximum absolute atomic E-state index is 11.9. The molecule has 0 fully saturated rings. The van der Waals surface area contributed by atoms with Crippen molar-refractivity contribution in [3.63, 3.8) is 0 Å². The van der Waals surface area contributed by atoms with Crippen LogP contribution in [0.3, 0.4) is 0 Å². The predicted molar refractivity (Wildman–Crippen MR) is 91.5 cm³/mol. The van der Waals surface area contributed by atoms with E-state index in [0.717, 1.165) is 16.0 Å². The van der Waals surface area contributed by atoms with E-state index in [1.54, 1.807) is 18.6 Å². The van der Waals surface area contributed by atoms with Gasteiger partial charge in [0.05, 0.1) is 23.9 Å². The van der Waals surface area contributed by atoms with E-state index >= 15 is 0 Å². The second kappa shape index (κ2) is 6.76. The molecular weight excluding hydrogens is 334 g/mol. The smallest absolute Gasteiger partial charge is 0.252 e. The summed E-state index contributed by atoms with van der Waals surface area (Å²) in [5.41, 5.74) is 1.34. The highest BCUT2D eigenvalue weighted by molar-refractivity contribution is 7.22. The maximum Gasteiger partial charge on any atom is 0.252 e. The van der Waals surface area contributed by atoms with Crippen molar-refractivity contribution in [3.05, 3.63) is 40.6 Å². The van der Waals surface area contributed by atoms with Gasteiger partial charge in [0.2, 0.25) is 5.91 Å². The van der Waals surface area contributed by atoms with Crippen molar-refractivity contribution < 1.29 is 14.3 Å². The number of carbonyl (C=O) groups excluding carboxylic acids is 2. The highest BCUT2D eigenvalue weighted by Gasteiger charge is 2.11. The molecule has 2 aromatic heterocycles. The summed E-state index contributed by atoms with van der Waals surface area (Å²) in [5, 5.41) is 9.28. The molecule has 0 aliphatic carbocycles. The van der Waals surface area contributed by atoms with E-state index in [0.29, 0.717) is 10.7 Å². The van der Waals surface area contributed by atoms with Crippen molar-refractivity contribution in [2.75, 3.05) is 19.0 Å². The fourth-order valence-electron chi connectivity index (χ4n) is 1.91. The number of anilines is 1. The minimum atomic E-state index is -0.320. The number of nitrogens with one attached hydrogen (secondary N) is 2. The summed E-state index contributed by atoms with van der Waals surface area (Å²) in [6.45, 7) is -0.103. The second-order valence-corrected chi connectivity index (χ2v) is 6.41. The lowest BCUT2D eigenvalue weighted by molar-refractivity contribution is -0.115. The molecule has 0 saturated heterocycles. The highest BCUT2D eigenvalue weighted by Crippen LogP contribution is 2.28. The van der Waals surface area contributed by atoms with Crippen molar-refractivity contribution in [3.8, 4) is 5.75 Å². The quantitative estimate of drug-likeness (QED) is 0.744. The first-order valence-electron chi connectivity index (χ1n) is 6.70. The predicted octanol–water partition coefficient (Wildman–Crippen LogP) is 2.73. The third-order valence-corrected chi connectivity index (χ3v) is 4.65. The highest BCUT2D eigenvalue weighted by atomic mass is 32.1. The summed E-state index contributed by atoms with van der Waals surface area (Å²) >= 11 is 2.78. The molecule has 118 valence electrons. The lowest BCUT2D eigenvalue weighted by atomic mass is 10.3. The van der Waals surface area contributed by atoms with Gasteiger partial charge >= 0.3 is 0 Å². The molecule has 0 spiro atoms. The number of thiazole rings is 1. The molecule has 0 aliphatic rings. The molecule has 0 radical (unpaired) electrons. The number of fused-ring (bicyclic) bond motifs is 1. The summed E-state index contributed by atoms with van der Waals surface area (Å²) in [5.74, 6) is 0.150. The van der Waals surface area contributed by atoms with Crippen LogP contribution in [0.25, 0.3) is 10.2 Å². The first-order valence-corrected chi connectivity index (χ1v) is 8.46. The average molecular weight is 347 g/mol. The number of benzene rings is 1. The lowest BCUT2D eigenvalue weighted by Gasteiger charge is -2.03. The Morgan fingerprint density at radius 2 is 2.17 bits per heavy atom. The number of nitrogens with zero attached hydrogens (tertiary/aromatic N) is 1. The van der Waals surface area contributed by atoms with Crippen LogP contribution in [0.5, 0.6) is 5.75 Å². The number of thiophene rings is 1. The Bertz CT molecular complexity index is 843. The maximum atomic E-state index is 11.9. The third kappa shape index (κ3) is 3.66. The Balaban J connectivity index is 1.60. The SMILES string of the molecule is COc1ccc2nc(NC(=O)CNC(=O)c3ccsc3)sc2c1. The van der Waals surface area contributed by atoms with Gasteiger partial charge in [-0.1, -0.05) is 11.3 Å². The Morgan fingerprint density at radius 1 is 1.30 bits per heavy atom. The molecule has 2 amide bonds. The zero-order valence-corrected chi connectivity index (χ0v) is 13.8. The molecule has 8 heteroatoms. The van der Waals surface area contributed by atoms with Crippen molar-refractivity contribution in [1.29, 1.82) is 0 Å². The summed E-state index contributed by atoms with van der Waals surface area (Å²) in [4.78, 5) is 28.0. The van der Waals surface area contributed by atoms with Gasteiger partial charge in [-0.25, -0.2) is 4.98 Å². The van der Waals surface area contributed by atoms with E-state index in [4.69, 9.17) is 4.74 Å². The molecule has 3 aromatic rings. The van der Waals surface area contributed by atoms with Gasteiger partial charge in [-0.3, -0.25) is 9.59 Å². The molecule has 1 aromatic carbocycles. The topological polar surface area (TPSA) is 80.3 Å². The lowest BCUT2D eigenvalue weighted by Crippen LogP contribution is -2.32. The zero-order chi connectivity index (χ0) is 16.2. The van der Waals surface area contributed by atoms with Crippen LogP contribution in [0.4, 0.5) is 5.13 Å². The molecule has 3 rings (SSSR count). The van der Waals surface area contributed by atoms with E-state index < -0.39 is 0 Å². The van der Waals surface area contributed by atoms with Gasteiger partial charge in [0.15, 0.2) is 5.13 Å².